The number of nitrogens with zero attached hydrogens (tertiary/aromatic N) is 1. The quantitative estimate of drug-likeness (QED) is 0.442. The van der Waals surface area contributed by atoms with Gasteiger partial charge in [-0.1, -0.05) is 6.07 Å². The maximum absolute atomic E-state index is 10.7. The van der Waals surface area contributed by atoms with E-state index in [-0.39, 0.29) is 11.4 Å². The Hall–Kier alpha value is -1.99. The van der Waals surface area contributed by atoms with Crippen molar-refractivity contribution in [1.82, 2.24) is 0 Å². The molecule has 0 aromatic heterocycles. The fourth-order valence-corrected chi connectivity index (χ4v) is 1.87. The number of nitrogens with two attached hydrogens (primary N) is 1. The molecule has 88 valence electrons. The second-order valence-electron chi connectivity index (χ2n) is 3.31. The Bertz CT molecular complexity index is 615. The van der Waals surface area contributed by atoms with E-state index in [1.54, 1.807) is 24.3 Å². The summed E-state index contributed by atoms with van der Waals surface area (Å²) in [6.45, 7) is 0. The maximum Gasteiger partial charge on any atom is 0.357 e. The highest BCUT2D eigenvalue weighted by Gasteiger charge is 2.11. The van der Waals surface area contributed by atoms with Crippen LogP contribution < -0.4 is 9.92 Å². The van der Waals surface area contributed by atoms with Gasteiger partial charge in [0.25, 0.3) is 0 Å². The Kier molecular flexibility index (Phi) is 3.03. The van der Waals surface area contributed by atoms with E-state index >= 15 is 0 Å². The zero-order valence-electron chi connectivity index (χ0n) is 8.58. The van der Waals surface area contributed by atoms with Crippen LogP contribution in [0.15, 0.2) is 35.4 Å². The SMILES string of the molecule is N=Nc1ccc2cc(N)ccc2c1OS(=O)O. The average Bonchev–Trinajstić information content (AvgIpc) is 2.28. The summed E-state index contributed by atoms with van der Waals surface area (Å²) in [5.74, 6) is 0.0957. The summed E-state index contributed by atoms with van der Waals surface area (Å²) in [6, 6.07) is 8.24. The Morgan fingerprint density at radius 3 is 2.76 bits per heavy atom. The topological polar surface area (TPSA) is 109 Å². The molecule has 17 heavy (non-hydrogen) atoms. The van der Waals surface area contributed by atoms with Crippen LogP contribution in [-0.4, -0.2) is 8.76 Å². The van der Waals surface area contributed by atoms with Crippen LogP contribution in [-0.2, 0) is 11.4 Å². The number of benzene rings is 2. The second-order valence-corrected chi connectivity index (χ2v) is 3.91. The summed E-state index contributed by atoms with van der Waals surface area (Å²) in [6.07, 6.45) is 0. The van der Waals surface area contributed by atoms with Gasteiger partial charge < -0.3 is 9.92 Å². The molecule has 1 atom stereocenters. The Morgan fingerprint density at radius 2 is 2.12 bits per heavy atom. The zero-order valence-corrected chi connectivity index (χ0v) is 9.40. The van der Waals surface area contributed by atoms with E-state index in [0.29, 0.717) is 11.1 Å². The van der Waals surface area contributed by atoms with Crippen LogP contribution >= 0.6 is 0 Å². The molecule has 2 aromatic carbocycles. The predicted octanol–water partition coefficient (Wildman–Crippen LogP) is 2.60. The Morgan fingerprint density at radius 1 is 1.35 bits per heavy atom. The molecule has 0 aliphatic heterocycles. The molecule has 7 heteroatoms. The number of hydrogen-bond acceptors (Lipinski definition) is 5. The lowest BCUT2D eigenvalue weighted by Gasteiger charge is -2.08. The van der Waals surface area contributed by atoms with E-state index in [0.717, 1.165) is 5.39 Å². The van der Waals surface area contributed by atoms with Gasteiger partial charge in [0.15, 0.2) is 5.75 Å². The highest BCUT2D eigenvalue weighted by molar-refractivity contribution is 7.74. The number of nitrogens with one attached hydrogen (secondary N) is 1. The van der Waals surface area contributed by atoms with Crippen LogP contribution in [0, 0.1) is 5.53 Å². The fourth-order valence-electron chi connectivity index (χ4n) is 1.56. The Labute approximate surface area is 99.4 Å². The van der Waals surface area contributed by atoms with Gasteiger partial charge in [0, 0.05) is 11.1 Å². The van der Waals surface area contributed by atoms with Gasteiger partial charge in [0.05, 0.1) is 0 Å². The predicted molar refractivity (Wildman–Crippen MR) is 64.6 cm³/mol. The van der Waals surface area contributed by atoms with Crippen LogP contribution in [0.2, 0.25) is 0 Å². The summed E-state index contributed by atoms with van der Waals surface area (Å²) in [7, 11) is 0. The summed E-state index contributed by atoms with van der Waals surface area (Å²) in [4.78, 5) is 0. The van der Waals surface area contributed by atoms with E-state index < -0.39 is 11.4 Å². The second kappa shape index (κ2) is 4.48. The minimum Gasteiger partial charge on any atom is -0.399 e. The van der Waals surface area contributed by atoms with Gasteiger partial charge in [-0.05, 0) is 29.7 Å². The lowest BCUT2D eigenvalue weighted by Crippen LogP contribution is -1.98. The van der Waals surface area contributed by atoms with Crippen molar-refractivity contribution in [3.63, 3.8) is 0 Å². The van der Waals surface area contributed by atoms with E-state index in [1.807, 2.05) is 0 Å². The van der Waals surface area contributed by atoms with Crippen molar-refractivity contribution in [2.24, 2.45) is 5.11 Å². The van der Waals surface area contributed by atoms with Gasteiger partial charge in [0.1, 0.15) is 5.69 Å². The molecular weight excluding hydrogens is 242 g/mol. The first-order valence-corrected chi connectivity index (χ1v) is 5.64. The minimum absolute atomic E-state index is 0.0957. The molecule has 2 rings (SSSR count). The third kappa shape index (κ3) is 2.24. The monoisotopic (exact) mass is 251 g/mol. The lowest BCUT2D eigenvalue weighted by atomic mass is 10.1. The highest BCUT2D eigenvalue weighted by atomic mass is 32.2. The van der Waals surface area contributed by atoms with Crippen molar-refractivity contribution in [3.05, 3.63) is 30.3 Å². The molecule has 0 aliphatic carbocycles. The van der Waals surface area contributed by atoms with Gasteiger partial charge >= 0.3 is 11.4 Å². The molecule has 0 radical (unpaired) electrons. The first-order chi connectivity index (χ1) is 8.11. The molecular formula is C10H9N3O3S. The van der Waals surface area contributed by atoms with E-state index in [9.17, 15) is 4.21 Å². The summed E-state index contributed by atoms with van der Waals surface area (Å²) >= 11 is -2.46. The number of rotatable bonds is 3. The summed E-state index contributed by atoms with van der Waals surface area (Å²) < 4.78 is 24.2. The third-order valence-corrected chi connectivity index (χ3v) is 2.56. The molecule has 2 aromatic rings. The van der Waals surface area contributed by atoms with Crippen LogP contribution in [0.4, 0.5) is 11.4 Å². The fraction of sp³-hybridized carbons (Fsp3) is 0. The molecule has 0 aliphatic rings. The van der Waals surface area contributed by atoms with Crippen molar-refractivity contribution in [2.75, 3.05) is 5.73 Å². The molecule has 0 bridgehead atoms. The van der Waals surface area contributed by atoms with E-state index in [4.69, 9.17) is 20.0 Å². The summed E-state index contributed by atoms with van der Waals surface area (Å²) in [5, 5.41) is 4.57. The Balaban J connectivity index is 2.73. The van der Waals surface area contributed by atoms with E-state index in [2.05, 4.69) is 5.11 Å². The summed E-state index contributed by atoms with van der Waals surface area (Å²) in [5.41, 5.74) is 13.4. The molecule has 4 N–H and O–H groups in total. The van der Waals surface area contributed by atoms with Gasteiger partial charge in [0.2, 0.25) is 0 Å². The number of hydrogen-bond donors (Lipinski definition) is 3. The standard InChI is InChI=1S/C10H9N3O3S/c11-7-2-3-8-6(5-7)1-4-9(13-12)10(8)16-17(14)15/h1-5,12H,11H2,(H,14,15). The molecule has 6 nitrogen and oxygen atoms in total. The van der Waals surface area contributed by atoms with Crippen molar-refractivity contribution >= 4 is 33.5 Å². The van der Waals surface area contributed by atoms with Crippen LogP contribution in [0.1, 0.15) is 0 Å². The van der Waals surface area contributed by atoms with Crippen LogP contribution in [0.5, 0.6) is 5.75 Å². The maximum atomic E-state index is 10.7. The van der Waals surface area contributed by atoms with Crippen LogP contribution in [0.25, 0.3) is 10.8 Å². The number of anilines is 1. The van der Waals surface area contributed by atoms with Crippen molar-refractivity contribution in [2.45, 2.75) is 0 Å². The third-order valence-electron chi connectivity index (χ3n) is 2.25. The molecule has 0 spiro atoms. The molecule has 0 amide bonds. The van der Waals surface area contributed by atoms with Gasteiger partial charge in [-0.15, -0.1) is 0 Å². The van der Waals surface area contributed by atoms with Crippen LogP contribution in [0.3, 0.4) is 0 Å². The molecule has 1 unspecified atom stereocenters. The lowest BCUT2D eigenvalue weighted by molar-refractivity contribution is 0.460. The molecule has 0 saturated carbocycles. The van der Waals surface area contributed by atoms with Gasteiger partial charge in [-0.2, -0.15) is 9.32 Å². The first kappa shape index (κ1) is 11.5. The van der Waals surface area contributed by atoms with E-state index in [1.165, 1.54) is 6.07 Å². The van der Waals surface area contributed by atoms with Crippen molar-refractivity contribution in [3.8, 4) is 5.75 Å². The van der Waals surface area contributed by atoms with Gasteiger partial charge in [-0.25, -0.2) is 5.53 Å². The average molecular weight is 251 g/mol. The largest absolute Gasteiger partial charge is 0.399 e. The zero-order chi connectivity index (χ0) is 12.4. The minimum atomic E-state index is -2.46. The molecule has 0 saturated heterocycles. The van der Waals surface area contributed by atoms with Crippen molar-refractivity contribution in [1.29, 1.82) is 5.53 Å². The number of nitrogen functional groups attached to an aromatic ring is 1. The van der Waals surface area contributed by atoms with Gasteiger partial charge in [-0.3, -0.25) is 4.55 Å². The van der Waals surface area contributed by atoms with Crippen molar-refractivity contribution < 1.29 is 12.9 Å². The number of fused-ring (bicyclic) bond motifs is 1. The normalized spacial score (nSPS) is 12.3. The first-order valence-electron chi connectivity index (χ1n) is 4.60. The molecule has 0 heterocycles. The highest BCUT2D eigenvalue weighted by Crippen LogP contribution is 2.36. The molecule has 0 fully saturated rings. The smallest absolute Gasteiger partial charge is 0.357 e.